The first-order chi connectivity index (χ1) is 9.95. The van der Waals surface area contributed by atoms with E-state index in [1.807, 2.05) is 0 Å². The zero-order valence-electron chi connectivity index (χ0n) is 11.0. The van der Waals surface area contributed by atoms with Crippen LogP contribution in [0.5, 0.6) is 0 Å². The Bertz CT molecular complexity index is 624. The number of carbonyl (C=O) groups is 1. The van der Waals surface area contributed by atoms with Crippen LogP contribution < -0.4 is 11.1 Å². The van der Waals surface area contributed by atoms with Gasteiger partial charge in [-0.3, -0.25) is 4.79 Å². The fourth-order valence-corrected chi connectivity index (χ4v) is 2.34. The van der Waals surface area contributed by atoms with Crippen LogP contribution in [0.3, 0.4) is 0 Å². The van der Waals surface area contributed by atoms with Crippen LogP contribution in [0.15, 0.2) is 42.5 Å². The summed E-state index contributed by atoms with van der Waals surface area (Å²) in [6.07, 6.45) is -0.816. The number of nitrogens with one attached hydrogen (secondary N) is 1. The van der Waals surface area contributed by atoms with E-state index in [9.17, 15) is 9.90 Å². The Morgan fingerprint density at radius 1 is 1.14 bits per heavy atom. The Morgan fingerprint density at radius 2 is 1.71 bits per heavy atom. The molecule has 1 amide bonds. The number of amides is 1. The number of carbonyl (C=O) groups excluding carboxylic acids is 1. The Hall–Kier alpha value is -1.75. The summed E-state index contributed by atoms with van der Waals surface area (Å²) < 4.78 is 0. The molecule has 2 rings (SSSR count). The number of rotatable bonds is 4. The molecule has 0 saturated heterocycles. The van der Waals surface area contributed by atoms with Crippen LogP contribution in [0, 0.1) is 0 Å². The number of hydrogen-bond acceptors (Lipinski definition) is 3. The molecule has 0 radical (unpaired) electrons. The second-order valence-corrected chi connectivity index (χ2v) is 5.42. The molecule has 0 aliphatic heterocycles. The molecule has 0 aliphatic carbocycles. The van der Waals surface area contributed by atoms with E-state index in [1.165, 1.54) is 12.1 Å². The molecule has 1 atom stereocenters. The maximum atomic E-state index is 12.0. The average Bonchev–Trinajstić information content (AvgIpc) is 2.44. The highest BCUT2D eigenvalue weighted by molar-refractivity contribution is 6.35. The summed E-state index contributed by atoms with van der Waals surface area (Å²) in [5, 5.41) is 13.4. The Kier molecular flexibility index (Phi) is 5.07. The molecule has 4 N–H and O–H groups in total. The third-order valence-corrected chi connectivity index (χ3v) is 3.34. The summed E-state index contributed by atoms with van der Waals surface area (Å²) in [6.45, 7) is 0.0763. The monoisotopic (exact) mass is 324 g/mol. The molecule has 21 heavy (non-hydrogen) atoms. The van der Waals surface area contributed by atoms with E-state index in [0.29, 0.717) is 26.9 Å². The molecule has 0 saturated carbocycles. The van der Waals surface area contributed by atoms with E-state index in [4.69, 9.17) is 28.9 Å². The minimum Gasteiger partial charge on any atom is -0.399 e. The molecule has 0 spiro atoms. The van der Waals surface area contributed by atoms with E-state index in [1.54, 1.807) is 30.3 Å². The molecule has 6 heteroatoms. The summed E-state index contributed by atoms with van der Waals surface area (Å²) in [5.41, 5.74) is 7.21. The van der Waals surface area contributed by atoms with E-state index >= 15 is 0 Å². The van der Waals surface area contributed by atoms with E-state index in [0.717, 1.165) is 0 Å². The van der Waals surface area contributed by atoms with Crippen molar-refractivity contribution in [3.05, 3.63) is 63.6 Å². The first kappa shape index (κ1) is 15.6. The zero-order chi connectivity index (χ0) is 15.4. The molecule has 2 aromatic carbocycles. The van der Waals surface area contributed by atoms with E-state index in [-0.39, 0.29) is 12.5 Å². The summed E-state index contributed by atoms with van der Waals surface area (Å²) in [4.78, 5) is 12.0. The molecule has 0 fully saturated rings. The van der Waals surface area contributed by atoms with Crippen LogP contribution >= 0.6 is 23.2 Å². The van der Waals surface area contributed by atoms with Crippen LogP contribution in [-0.2, 0) is 0 Å². The normalized spacial score (nSPS) is 12.0. The Balaban J connectivity index is 1.98. The van der Waals surface area contributed by atoms with Crippen molar-refractivity contribution in [2.24, 2.45) is 0 Å². The number of halogens is 2. The molecule has 0 bridgehead atoms. The van der Waals surface area contributed by atoms with Gasteiger partial charge in [0.05, 0.1) is 6.10 Å². The van der Waals surface area contributed by atoms with Crippen molar-refractivity contribution in [1.29, 1.82) is 0 Å². The fraction of sp³-hybridized carbons (Fsp3) is 0.133. The van der Waals surface area contributed by atoms with Gasteiger partial charge in [0.1, 0.15) is 0 Å². The van der Waals surface area contributed by atoms with Crippen molar-refractivity contribution < 1.29 is 9.90 Å². The van der Waals surface area contributed by atoms with Gasteiger partial charge in [-0.05, 0) is 35.9 Å². The van der Waals surface area contributed by atoms with Crippen LogP contribution in [-0.4, -0.2) is 17.6 Å². The first-order valence-corrected chi connectivity index (χ1v) is 6.99. The summed E-state index contributed by atoms with van der Waals surface area (Å²) in [6, 6.07) is 11.4. The molecule has 4 nitrogen and oxygen atoms in total. The summed E-state index contributed by atoms with van der Waals surface area (Å²) >= 11 is 11.7. The number of aliphatic hydroxyl groups is 1. The topological polar surface area (TPSA) is 75.3 Å². The van der Waals surface area contributed by atoms with Gasteiger partial charge >= 0.3 is 0 Å². The SMILES string of the molecule is Nc1ccc(C(O)CNC(=O)c2cc(Cl)cc(Cl)c2)cc1. The second-order valence-electron chi connectivity index (χ2n) is 4.55. The smallest absolute Gasteiger partial charge is 0.251 e. The fourth-order valence-electron chi connectivity index (χ4n) is 1.81. The molecular formula is C15H14Cl2N2O2. The predicted molar refractivity (Wildman–Crippen MR) is 84.6 cm³/mol. The van der Waals surface area contributed by atoms with Gasteiger partial charge in [0.15, 0.2) is 0 Å². The number of nitrogen functional groups attached to an aromatic ring is 1. The Labute approximate surface area is 132 Å². The van der Waals surface area contributed by atoms with Gasteiger partial charge < -0.3 is 16.2 Å². The van der Waals surface area contributed by atoms with Gasteiger partial charge in [-0.25, -0.2) is 0 Å². The van der Waals surface area contributed by atoms with Gasteiger partial charge in [0.2, 0.25) is 0 Å². The van der Waals surface area contributed by atoms with Crippen LogP contribution in [0.4, 0.5) is 5.69 Å². The quantitative estimate of drug-likeness (QED) is 0.756. The number of hydrogen-bond donors (Lipinski definition) is 3. The Morgan fingerprint density at radius 3 is 2.29 bits per heavy atom. The van der Waals surface area contributed by atoms with Gasteiger partial charge in [-0.15, -0.1) is 0 Å². The molecule has 2 aromatic rings. The molecular weight excluding hydrogens is 311 g/mol. The maximum absolute atomic E-state index is 12.0. The standard InChI is InChI=1S/C15H14Cl2N2O2/c16-11-5-10(6-12(17)7-11)15(21)19-8-14(20)9-1-3-13(18)4-2-9/h1-7,14,20H,8,18H2,(H,19,21). The molecule has 110 valence electrons. The highest BCUT2D eigenvalue weighted by Gasteiger charge is 2.12. The molecule has 1 unspecified atom stereocenters. The van der Waals surface area contributed by atoms with Crippen molar-refractivity contribution in [3.8, 4) is 0 Å². The molecule has 0 aromatic heterocycles. The molecule has 0 aliphatic rings. The van der Waals surface area contributed by atoms with Gasteiger partial charge in [0.25, 0.3) is 5.91 Å². The zero-order valence-corrected chi connectivity index (χ0v) is 12.5. The van der Waals surface area contributed by atoms with Crippen molar-refractivity contribution in [3.63, 3.8) is 0 Å². The van der Waals surface area contributed by atoms with Gasteiger partial charge in [0, 0.05) is 27.8 Å². The predicted octanol–water partition coefficient (Wildman–Crippen LogP) is 3.04. The van der Waals surface area contributed by atoms with Gasteiger partial charge in [-0.1, -0.05) is 35.3 Å². The lowest BCUT2D eigenvalue weighted by molar-refractivity contribution is 0.0916. The highest BCUT2D eigenvalue weighted by atomic mass is 35.5. The number of benzene rings is 2. The van der Waals surface area contributed by atoms with Crippen molar-refractivity contribution in [2.45, 2.75) is 6.10 Å². The number of nitrogens with two attached hydrogens (primary N) is 1. The first-order valence-electron chi connectivity index (χ1n) is 6.23. The summed E-state index contributed by atoms with van der Waals surface area (Å²) in [5.74, 6) is -0.353. The van der Waals surface area contributed by atoms with Crippen LogP contribution in [0.1, 0.15) is 22.0 Å². The van der Waals surface area contributed by atoms with Crippen molar-refractivity contribution in [2.75, 3.05) is 12.3 Å². The lowest BCUT2D eigenvalue weighted by Gasteiger charge is -2.13. The van der Waals surface area contributed by atoms with Gasteiger partial charge in [-0.2, -0.15) is 0 Å². The van der Waals surface area contributed by atoms with Crippen LogP contribution in [0.2, 0.25) is 10.0 Å². The number of aliphatic hydroxyl groups excluding tert-OH is 1. The average molecular weight is 325 g/mol. The number of anilines is 1. The lowest BCUT2D eigenvalue weighted by Crippen LogP contribution is -2.28. The third kappa shape index (κ3) is 4.36. The highest BCUT2D eigenvalue weighted by Crippen LogP contribution is 2.19. The maximum Gasteiger partial charge on any atom is 0.251 e. The molecule has 0 heterocycles. The summed E-state index contributed by atoms with van der Waals surface area (Å²) in [7, 11) is 0. The third-order valence-electron chi connectivity index (χ3n) is 2.90. The van der Waals surface area contributed by atoms with Crippen molar-refractivity contribution >= 4 is 34.8 Å². The van der Waals surface area contributed by atoms with E-state index < -0.39 is 6.10 Å². The lowest BCUT2D eigenvalue weighted by atomic mass is 10.1. The second kappa shape index (κ2) is 6.80. The van der Waals surface area contributed by atoms with Crippen LogP contribution in [0.25, 0.3) is 0 Å². The van der Waals surface area contributed by atoms with E-state index in [2.05, 4.69) is 5.32 Å². The van der Waals surface area contributed by atoms with Crippen molar-refractivity contribution in [1.82, 2.24) is 5.32 Å². The minimum atomic E-state index is -0.816. The minimum absolute atomic E-state index is 0.0763. The largest absolute Gasteiger partial charge is 0.399 e.